The highest BCUT2D eigenvalue weighted by Crippen LogP contribution is 2.18. The van der Waals surface area contributed by atoms with Crippen LogP contribution in [0.1, 0.15) is 39.2 Å². The van der Waals surface area contributed by atoms with Crippen molar-refractivity contribution in [2.45, 2.75) is 52.1 Å². The summed E-state index contributed by atoms with van der Waals surface area (Å²) in [5.74, 6) is -2.71. The number of halogens is 2. The summed E-state index contributed by atoms with van der Waals surface area (Å²) in [6.07, 6.45) is 0.0904. The van der Waals surface area contributed by atoms with Crippen LogP contribution in [0.2, 0.25) is 0 Å². The second kappa shape index (κ2) is 14.0. The van der Waals surface area contributed by atoms with E-state index in [2.05, 4.69) is 10.6 Å². The Hall–Kier alpha value is -2.85. The number of rotatable bonds is 13. The van der Waals surface area contributed by atoms with Crippen molar-refractivity contribution in [1.29, 1.82) is 0 Å². The average Bonchev–Trinajstić information content (AvgIpc) is 3.13. The first kappa shape index (κ1) is 29.4. The quantitative estimate of drug-likeness (QED) is 0.287. The maximum Gasteiger partial charge on any atom is 0.355 e. The molecule has 10 nitrogen and oxygen atoms in total. The fourth-order valence-corrected chi connectivity index (χ4v) is 4.07. The van der Waals surface area contributed by atoms with Crippen LogP contribution in [-0.2, 0) is 35.2 Å². The highest BCUT2D eigenvalue weighted by Gasteiger charge is 2.37. The van der Waals surface area contributed by atoms with Crippen LogP contribution in [0.5, 0.6) is 0 Å². The highest BCUT2D eigenvalue weighted by atomic mass is 35.5. The van der Waals surface area contributed by atoms with Crippen molar-refractivity contribution < 1.29 is 28.8 Å². The van der Waals surface area contributed by atoms with Gasteiger partial charge in [-0.05, 0) is 23.6 Å². The molecule has 2 rings (SSSR count). The minimum absolute atomic E-state index is 0.0380. The molecule has 0 radical (unpaired) electrons. The zero-order valence-corrected chi connectivity index (χ0v) is 22.1. The fraction of sp³-hybridized carbons (Fsp3) is 0.542. The third-order valence-electron chi connectivity index (χ3n) is 5.55. The van der Waals surface area contributed by atoms with E-state index in [1.165, 1.54) is 6.92 Å². The third-order valence-corrected chi connectivity index (χ3v) is 5.89. The van der Waals surface area contributed by atoms with Crippen LogP contribution in [0.4, 0.5) is 5.69 Å². The van der Waals surface area contributed by atoms with Crippen molar-refractivity contribution in [3.8, 4) is 0 Å². The number of anilines is 1. The molecule has 2 N–H and O–H groups in total. The lowest BCUT2D eigenvalue weighted by Crippen LogP contribution is -2.54. The lowest BCUT2D eigenvalue weighted by Gasteiger charge is -2.26. The molecule has 0 bridgehead atoms. The van der Waals surface area contributed by atoms with Gasteiger partial charge in [0.2, 0.25) is 11.8 Å². The Morgan fingerprint density at radius 3 is 2.03 bits per heavy atom. The summed E-state index contributed by atoms with van der Waals surface area (Å²) >= 11 is 11.7. The molecule has 12 heteroatoms. The van der Waals surface area contributed by atoms with Crippen LogP contribution >= 0.6 is 23.2 Å². The number of amides is 4. The van der Waals surface area contributed by atoms with Gasteiger partial charge in [-0.3, -0.25) is 19.2 Å². The van der Waals surface area contributed by atoms with Gasteiger partial charge in [-0.25, -0.2) is 4.79 Å². The van der Waals surface area contributed by atoms with Crippen molar-refractivity contribution in [2.75, 3.05) is 29.7 Å². The van der Waals surface area contributed by atoms with Crippen molar-refractivity contribution in [1.82, 2.24) is 15.7 Å². The van der Waals surface area contributed by atoms with E-state index in [0.717, 1.165) is 11.3 Å². The summed E-state index contributed by atoms with van der Waals surface area (Å²) < 4.78 is 0. The van der Waals surface area contributed by atoms with Gasteiger partial charge in [-0.15, -0.1) is 28.3 Å². The van der Waals surface area contributed by atoms with Crippen LogP contribution in [0.15, 0.2) is 24.3 Å². The molecule has 1 fully saturated rings. The first-order valence-corrected chi connectivity index (χ1v) is 12.7. The molecule has 198 valence electrons. The number of alkyl halides is 2. The molecule has 0 aliphatic carbocycles. The van der Waals surface area contributed by atoms with Crippen LogP contribution < -0.4 is 15.5 Å². The molecular weight excluding hydrogens is 511 g/mol. The molecule has 36 heavy (non-hydrogen) atoms. The van der Waals surface area contributed by atoms with Crippen LogP contribution in [0, 0.1) is 5.92 Å². The zero-order valence-electron chi connectivity index (χ0n) is 20.6. The van der Waals surface area contributed by atoms with Crippen LogP contribution in [-0.4, -0.2) is 71.6 Å². The third kappa shape index (κ3) is 8.37. The number of hydrogen-bond donors (Lipinski definition) is 2. The van der Waals surface area contributed by atoms with Gasteiger partial charge in [0.25, 0.3) is 11.8 Å². The summed E-state index contributed by atoms with van der Waals surface area (Å²) in [4.78, 5) is 68.2. The molecule has 1 aliphatic rings. The smallest absolute Gasteiger partial charge is 0.355 e. The predicted molar refractivity (Wildman–Crippen MR) is 135 cm³/mol. The molecule has 2 atom stereocenters. The number of carbonyl (C=O) groups is 5. The molecule has 0 aromatic heterocycles. The number of hydrogen-bond acceptors (Lipinski definition) is 7. The SMILES string of the molecule is CC(=O)N[C@@H](Cc1ccc(N(CCCl)CCCl)cc1)C(=O)N[C@H](C(=O)ON1C(=O)CCC1=O)C(C)C. The second-order valence-electron chi connectivity index (χ2n) is 8.71. The minimum Gasteiger partial charge on any atom is -0.369 e. The second-order valence-corrected chi connectivity index (χ2v) is 9.47. The summed E-state index contributed by atoms with van der Waals surface area (Å²) in [5, 5.41) is 5.64. The Bertz CT molecular complexity index is 934. The Morgan fingerprint density at radius 2 is 1.56 bits per heavy atom. The van der Waals surface area contributed by atoms with Crippen LogP contribution in [0.25, 0.3) is 0 Å². The Morgan fingerprint density at radius 1 is 1.00 bits per heavy atom. The Labute approximate surface area is 220 Å². The van der Waals surface area contributed by atoms with Gasteiger partial charge < -0.3 is 20.4 Å². The molecule has 1 heterocycles. The maximum atomic E-state index is 13.1. The number of nitrogens with zero attached hydrogens (tertiary/aromatic N) is 2. The topological polar surface area (TPSA) is 125 Å². The lowest BCUT2D eigenvalue weighted by atomic mass is 10.0. The first-order chi connectivity index (χ1) is 17.1. The summed E-state index contributed by atoms with van der Waals surface area (Å²) in [7, 11) is 0. The van der Waals surface area contributed by atoms with E-state index in [0.29, 0.717) is 29.9 Å². The van der Waals surface area contributed by atoms with E-state index in [1.54, 1.807) is 13.8 Å². The van der Waals surface area contributed by atoms with Crippen molar-refractivity contribution in [3.63, 3.8) is 0 Å². The molecule has 1 aliphatic heterocycles. The van der Waals surface area contributed by atoms with Crippen molar-refractivity contribution >= 4 is 58.5 Å². The van der Waals surface area contributed by atoms with Gasteiger partial charge in [-0.2, -0.15) is 0 Å². The zero-order chi connectivity index (χ0) is 26.8. The minimum atomic E-state index is -1.14. The van der Waals surface area contributed by atoms with E-state index in [-0.39, 0.29) is 19.3 Å². The van der Waals surface area contributed by atoms with Gasteiger partial charge in [0.05, 0.1) is 0 Å². The monoisotopic (exact) mass is 542 g/mol. The standard InChI is InChI=1S/C24H32Cl2N4O6/c1-15(2)22(24(35)36-30-20(32)8-9-21(30)33)28-23(34)19(27-16(3)31)14-17-4-6-18(7-5-17)29(12-10-25)13-11-26/h4-7,15,19,22H,8-14H2,1-3H3,(H,27,31)(H,28,34)/t19-,22-/m0/s1. The van der Waals surface area contributed by atoms with E-state index in [4.69, 9.17) is 28.0 Å². The molecule has 4 amide bonds. The van der Waals surface area contributed by atoms with Gasteiger partial charge in [-0.1, -0.05) is 26.0 Å². The Balaban J connectivity index is 2.12. The summed E-state index contributed by atoms with van der Waals surface area (Å²) in [6, 6.07) is 5.33. The summed E-state index contributed by atoms with van der Waals surface area (Å²) in [5.41, 5.74) is 1.70. The molecule has 1 aromatic rings. The van der Waals surface area contributed by atoms with Gasteiger partial charge >= 0.3 is 5.97 Å². The molecular formula is C24H32Cl2N4O6. The molecule has 0 unspecified atom stereocenters. The summed E-state index contributed by atoms with van der Waals surface area (Å²) in [6.45, 7) is 5.91. The van der Waals surface area contributed by atoms with Gasteiger partial charge in [0.1, 0.15) is 12.1 Å². The number of nitrogens with one attached hydrogen (secondary N) is 2. The van der Waals surface area contributed by atoms with E-state index < -0.39 is 47.6 Å². The lowest BCUT2D eigenvalue weighted by molar-refractivity contribution is -0.199. The van der Waals surface area contributed by atoms with E-state index >= 15 is 0 Å². The van der Waals surface area contributed by atoms with Crippen molar-refractivity contribution in [3.05, 3.63) is 29.8 Å². The molecule has 1 aromatic carbocycles. The normalized spacial score (nSPS) is 15.0. The number of benzene rings is 1. The van der Waals surface area contributed by atoms with Gasteiger partial charge in [0.15, 0.2) is 0 Å². The van der Waals surface area contributed by atoms with Crippen molar-refractivity contribution in [2.24, 2.45) is 5.92 Å². The van der Waals surface area contributed by atoms with E-state index in [9.17, 15) is 24.0 Å². The molecule has 0 saturated carbocycles. The first-order valence-electron chi connectivity index (χ1n) is 11.7. The highest BCUT2D eigenvalue weighted by molar-refractivity contribution is 6.18. The molecule has 1 saturated heterocycles. The number of carbonyl (C=O) groups excluding carboxylic acids is 5. The van der Waals surface area contributed by atoms with Crippen LogP contribution in [0.3, 0.4) is 0 Å². The largest absolute Gasteiger partial charge is 0.369 e. The Kier molecular flexibility index (Phi) is 11.5. The maximum absolute atomic E-state index is 13.1. The number of hydroxylamine groups is 2. The average molecular weight is 543 g/mol. The van der Waals surface area contributed by atoms with Gasteiger partial charge in [0, 0.05) is 56.7 Å². The molecule has 0 spiro atoms. The predicted octanol–water partition coefficient (Wildman–Crippen LogP) is 1.77. The van der Waals surface area contributed by atoms with E-state index in [1.807, 2.05) is 29.2 Å². The fourth-order valence-electron chi connectivity index (χ4n) is 3.66. The number of imide groups is 1.